The number of methoxy groups -OCH3 is 1. The van der Waals surface area contributed by atoms with Gasteiger partial charge in [0.1, 0.15) is 5.75 Å². The lowest BCUT2D eigenvalue weighted by molar-refractivity contribution is 0.0955. The van der Waals surface area contributed by atoms with E-state index in [1.807, 2.05) is 54.6 Å². The maximum Gasteiger partial charge on any atom is 0.271 e. The van der Waals surface area contributed by atoms with Gasteiger partial charge in [0.2, 0.25) is 0 Å². The highest BCUT2D eigenvalue weighted by Crippen LogP contribution is 2.32. The van der Waals surface area contributed by atoms with Gasteiger partial charge in [-0.2, -0.15) is 5.10 Å². The molecule has 1 aromatic heterocycles. The maximum atomic E-state index is 12.8. The van der Waals surface area contributed by atoms with Crippen molar-refractivity contribution in [2.24, 2.45) is 11.0 Å². The number of nitrogens with one attached hydrogen (secondary N) is 2. The molecule has 31 heavy (non-hydrogen) atoms. The maximum absolute atomic E-state index is 12.8. The lowest BCUT2D eigenvalue weighted by atomic mass is 9.87. The number of aromatic nitrogens is 1. The van der Waals surface area contributed by atoms with Crippen molar-refractivity contribution in [2.75, 3.05) is 7.11 Å². The first kappa shape index (κ1) is 19.4. The van der Waals surface area contributed by atoms with E-state index in [1.165, 1.54) is 17.7 Å². The van der Waals surface area contributed by atoms with Crippen molar-refractivity contribution in [1.82, 2.24) is 10.4 Å². The minimum Gasteiger partial charge on any atom is -0.496 e. The van der Waals surface area contributed by atoms with Crippen LogP contribution in [0.25, 0.3) is 21.7 Å². The van der Waals surface area contributed by atoms with Gasteiger partial charge in [-0.15, -0.1) is 0 Å². The van der Waals surface area contributed by atoms with E-state index >= 15 is 0 Å². The van der Waals surface area contributed by atoms with Crippen molar-refractivity contribution in [3.63, 3.8) is 0 Å². The number of benzene rings is 3. The monoisotopic (exact) mass is 411 g/mol. The number of hydrazone groups is 1. The average Bonchev–Trinajstić information content (AvgIpc) is 3.16. The van der Waals surface area contributed by atoms with Crippen molar-refractivity contribution >= 4 is 33.8 Å². The molecule has 1 aliphatic carbocycles. The van der Waals surface area contributed by atoms with Gasteiger partial charge >= 0.3 is 0 Å². The predicted molar refractivity (Wildman–Crippen MR) is 125 cm³/mol. The molecule has 1 amide bonds. The number of carbonyl (C=O) groups excluding carboxylic acids is 1. The topological polar surface area (TPSA) is 66.5 Å². The molecule has 5 rings (SSSR count). The van der Waals surface area contributed by atoms with Crippen LogP contribution in [0.15, 0.2) is 59.7 Å². The van der Waals surface area contributed by atoms with Crippen LogP contribution >= 0.6 is 0 Å². The van der Waals surface area contributed by atoms with E-state index in [-0.39, 0.29) is 5.91 Å². The van der Waals surface area contributed by atoms with Crippen LogP contribution in [0.4, 0.5) is 0 Å². The van der Waals surface area contributed by atoms with Crippen molar-refractivity contribution in [1.29, 1.82) is 0 Å². The van der Waals surface area contributed by atoms with E-state index in [9.17, 15) is 4.79 Å². The number of aryl methyl sites for hydroxylation is 1. The number of fused-ring (bicyclic) bond motifs is 4. The molecule has 3 aromatic carbocycles. The van der Waals surface area contributed by atoms with Gasteiger partial charge in [0.25, 0.3) is 5.91 Å². The van der Waals surface area contributed by atoms with Gasteiger partial charge in [0.05, 0.1) is 13.3 Å². The fraction of sp³-hybridized carbons (Fsp3) is 0.231. The highest BCUT2D eigenvalue weighted by Gasteiger charge is 2.20. The summed E-state index contributed by atoms with van der Waals surface area (Å²) in [5.74, 6) is 1.16. The molecule has 0 saturated heterocycles. The number of H-pyrrole nitrogens is 1. The third-order valence-corrected chi connectivity index (χ3v) is 6.21. The van der Waals surface area contributed by atoms with Crippen molar-refractivity contribution in [3.8, 4) is 5.75 Å². The van der Waals surface area contributed by atoms with Crippen molar-refractivity contribution in [3.05, 3.63) is 77.0 Å². The predicted octanol–water partition coefficient (Wildman–Crippen LogP) is 5.22. The first-order chi connectivity index (χ1) is 15.1. The number of carbonyl (C=O) groups is 1. The summed E-state index contributed by atoms with van der Waals surface area (Å²) < 4.78 is 5.49. The molecular formula is C26H25N3O2. The minimum atomic E-state index is -0.226. The van der Waals surface area contributed by atoms with E-state index in [0.29, 0.717) is 17.2 Å². The van der Waals surface area contributed by atoms with Crippen LogP contribution in [-0.4, -0.2) is 24.2 Å². The molecule has 0 saturated carbocycles. The largest absolute Gasteiger partial charge is 0.496 e. The van der Waals surface area contributed by atoms with Gasteiger partial charge in [-0.1, -0.05) is 37.3 Å². The highest BCUT2D eigenvalue weighted by molar-refractivity contribution is 6.03. The Hall–Kier alpha value is -3.60. The SMILES string of the molecule is COc1ccc2ccccc2c1/C=N\NC(=O)c1ccc2[nH]c3c(c2c1)CC(C)CC3. The summed E-state index contributed by atoms with van der Waals surface area (Å²) in [6, 6.07) is 17.8. The molecule has 156 valence electrons. The van der Waals surface area contributed by atoms with E-state index < -0.39 is 0 Å². The number of aromatic amines is 1. The van der Waals surface area contributed by atoms with Gasteiger partial charge in [0, 0.05) is 27.7 Å². The summed E-state index contributed by atoms with van der Waals surface area (Å²) in [7, 11) is 1.63. The third-order valence-electron chi connectivity index (χ3n) is 6.21. The van der Waals surface area contributed by atoms with E-state index in [0.717, 1.165) is 40.1 Å². The van der Waals surface area contributed by atoms with Gasteiger partial charge < -0.3 is 9.72 Å². The third kappa shape index (κ3) is 3.56. The zero-order valence-electron chi connectivity index (χ0n) is 17.7. The quantitative estimate of drug-likeness (QED) is 0.357. The molecular weight excluding hydrogens is 386 g/mol. The fourth-order valence-corrected chi connectivity index (χ4v) is 4.54. The van der Waals surface area contributed by atoms with Crippen LogP contribution in [0, 0.1) is 5.92 Å². The van der Waals surface area contributed by atoms with Crippen molar-refractivity contribution < 1.29 is 9.53 Å². The minimum absolute atomic E-state index is 0.226. The molecule has 0 radical (unpaired) electrons. The van der Waals surface area contributed by atoms with Crippen LogP contribution in [0.2, 0.25) is 0 Å². The molecule has 1 aliphatic rings. The Morgan fingerprint density at radius 1 is 1.16 bits per heavy atom. The van der Waals surface area contributed by atoms with Crippen molar-refractivity contribution in [2.45, 2.75) is 26.2 Å². The van der Waals surface area contributed by atoms with Gasteiger partial charge in [0.15, 0.2) is 0 Å². The average molecular weight is 412 g/mol. The molecule has 1 unspecified atom stereocenters. The van der Waals surface area contributed by atoms with Crippen LogP contribution in [0.3, 0.4) is 0 Å². The molecule has 1 atom stereocenters. The summed E-state index contributed by atoms with van der Waals surface area (Å²) in [4.78, 5) is 16.3. The van der Waals surface area contributed by atoms with E-state index in [4.69, 9.17) is 4.74 Å². The fourth-order valence-electron chi connectivity index (χ4n) is 4.54. The Morgan fingerprint density at radius 2 is 2.03 bits per heavy atom. The summed E-state index contributed by atoms with van der Waals surface area (Å²) in [5.41, 5.74) is 7.88. The summed E-state index contributed by atoms with van der Waals surface area (Å²) >= 11 is 0. The molecule has 0 aliphatic heterocycles. The normalized spacial score (nSPS) is 16.0. The second-order valence-corrected chi connectivity index (χ2v) is 8.29. The standard InChI is InChI=1S/C26H25N3O2/c1-16-7-10-23-20(13-16)21-14-18(8-11-24(21)28-23)26(30)29-27-15-22-19-6-4-3-5-17(19)9-12-25(22)31-2/h3-6,8-9,11-12,14-16,28H,7,10,13H2,1-2H3,(H,29,30)/b27-15-. The summed E-state index contributed by atoms with van der Waals surface area (Å²) in [6.07, 6.45) is 4.99. The molecule has 2 N–H and O–H groups in total. The first-order valence-corrected chi connectivity index (χ1v) is 10.7. The molecule has 5 heteroatoms. The second-order valence-electron chi connectivity index (χ2n) is 8.29. The van der Waals surface area contributed by atoms with Gasteiger partial charge in [-0.25, -0.2) is 5.43 Å². The Labute approximate surface area is 181 Å². The zero-order chi connectivity index (χ0) is 21.4. The molecule has 4 aromatic rings. The second kappa shape index (κ2) is 7.91. The Bertz CT molecular complexity index is 1320. The number of ether oxygens (including phenoxy) is 1. The molecule has 0 spiro atoms. The van der Waals surface area contributed by atoms with Crippen LogP contribution in [0.1, 0.15) is 40.5 Å². The summed E-state index contributed by atoms with van der Waals surface area (Å²) in [5, 5.41) is 7.49. The molecule has 5 nitrogen and oxygen atoms in total. The van der Waals surface area contributed by atoms with Crippen LogP contribution < -0.4 is 10.2 Å². The van der Waals surface area contributed by atoms with Gasteiger partial charge in [-0.05, 0) is 65.8 Å². The molecule has 1 heterocycles. The number of hydrogen-bond donors (Lipinski definition) is 2. The van der Waals surface area contributed by atoms with Gasteiger partial charge in [-0.3, -0.25) is 4.79 Å². The Kier molecular flexibility index (Phi) is 4.94. The Morgan fingerprint density at radius 3 is 2.90 bits per heavy atom. The number of rotatable bonds is 4. The van der Waals surface area contributed by atoms with Crippen LogP contribution in [0.5, 0.6) is 5.75 Å². The van der Waals surface area contributed by atoms with Crippen LogP contribution in [-0.2, 0) is 12.8 Å². The highest BCUT2D eigenvalue weighted by atomic mass is 16.5. The zero-order valence-corrected chi connectivity index (χ0v) is 17.7. The number of amides is 1. The van der Waals surface area contributed by atoms with E-state index in [2.05, 4.69) is 22.4 Å². The number of nitrogens with zero attached hydrogens (tertiary/aromatic N) is 1. The lowest BCUT2D eigenvalue weighted by Gasteiger charge is -2.18. The number of hydrogen-bond acceptors (Lipinski definition) is 3. The summed E-state index contributed by atoms with van der Waals surface area (Å²) in [6.45, 7) is 2.29. The molecule has 0 fully saturated rings. The van der Waals surface area contributed by atoms with E-state index in [1.54, 1.807) is 13.3 Å². The first-order valence-electron chi connectivity index (χ1n) is 10.7. The lowest BCUT2D eigenvalue weighted by Crippen LogP contribution is -2.17. The Balaban J connectivity index is 1.41. The molecule has 0 bridgehead atoms. The smallest absolute Gasteiger partial charge is 0.271 e.